The Labute approximate surface area is 323 Å². The van der Waals surface area contributed by atoms with Gasteiger partial charge in [-0.3, -0.25) is 0 Å². The lowest BCUT2D eigenvalue weighted by molar-refractivity contribution is 0.464. The van der Waals surface area contributed by atoms with E-state index < -0.39 is 16.1 Å². The van der Waals surface area contributed by atoms with E-state index in [1.165, 1.54) is 31.1 Å². The maximum atomic E-state index is 3.27. The average molecular weight is 741 g/mol. The minimum atomic E-state index is -2.98. The molecule has 0 aliphatic heterocycles. The molecule has 6 aromatic carbocycles. The fourth-order valence-electron chi connectivity index (χ4n) is 9.54. The van der Waals surface area contributed by atoms with Crippen LogP contribution >= 0.6 is 9.24 Å². The van der Waals surface area contributed by atoms with E-state index in [0.717, 1.165) is 6.16 Å². The van der Waals surface area contributed by atoms with Gasteiger partial charge in [0.05, 0.1) is 0 Å². The molecule has 0 heterocycles. The van der Waals surface area contributed by atoms with Gasteiger partial charge in [-0.25, -0.2) is 0 Å². The summed E-state index contributed by atoms with van der Waals surface area (Å²) in [5.41, 5.74) is 2.88. The molecule has 266 valence electrons. The summed E-state index contributed by atoms with van der Waals surface area (Å²) in [6.07, 6.45) is 0.953. The van der Waals surface area contributed by atoms with E-state index in [0.29, 0.717) is 0 Å². The minimum Gasteiger partial charge on any atom is -0.137 e. The standard InChI is InChI=1S/C50H53PSi2/c1-49(2,3)45-44(37-51)47(52(38-25-13-7-14-26-38,39-27-15-8-16-28-39)40-29-17-9-18-30-40)46(50(4,5)6)48(45)53(41-31-19-10-20-32-41,42-33-21-11-22-34-42)43-35-23-12-24-36-43/h7-36,44H,37,51H2,1-6H3. The Morgan fingerprint density at radius 3 is 0.887 bits per heavy atom. The zero-order chi connectivity index (χ0) is 37.3. The highest BCUT2D eigenvalue weighted by Gasteiger charge is 2.58. The highest BCUT2D eigenvalue weighted by Crippen LogP contribution is 2.56. The van der Waals surface area contributed by atoms with Crippen LogP contribution in [0.3, 0.4) is 0 Å². The molecular formula is C50H53PSi2. The molecule has 2 atom stereocenters. The first-order valence-electron chi connectivity index (χ1n) is 19.1. The molecular weight excluding hydrogens is 688 g/mol. The monoisotopic (exact) mass is 740 g/mol. The Bertz CT molecular complexity index is 2000. The van der Waals surface area contributed by atoms with Crippen molar-refractivity contribution in [2.45, 2.75) is 41.5 Å². The van der Waals surface area contributed by atoms with Gasteiger partial charge in [-0.1, -0.05) is 234 Å². The first-order valence-corrected chi connectivity index (χ1v) is 23.9. The molecule has 0 spiro atoms. The molecule has 1 aliphatic rings. The van der Waals surface area contributed by atoms with Crippen LogP contribution in [0.2, 0.25) is 0 Å². The molecule has 53 heavy (non-hydrogen) atoms. The summed E-state index contributed by atoms with van der Waals surface area (Å²) in [5.74, 6) is 0.222. The van der Waals surface area contributed by atoms with Crippen molar-refractivity contribution in [3.05, 3.63) is 204 Å². The third kappa shape index (κ3) is 6.29. The summed E-state index contributed by atoms with van der Waals surface area (Å²) in [6, 6.07) is 69.5. The van der Waals surface area contributed by atoms with E-state index in [9.17, 15) is 0 Å². The predicted octanol–water partition coefficient (Wildman–Crippen LogP) is 8.60. The van der Waals surface area contributed by atoms with E-state index in [-0.39, 0.29) is 16.7 Å². The normalized spacial score (nSPS) is 15.6. The predicted molar refractivity (Wildman–Crippen MR) is 239 cm³/mol. The molecule has 3 heteroatoms. The Balaban J connectivity index is 1.80. The van der Waals surface area contributed by atoms with Gasteiger partial charge in [-0.15, -0.1) is 9.24 Å². The van der Waals surface area contributed by atoms with Crippen molar-refractivity contribution in [3.63, 3.8) is 0 Å². The quantitative estimate of drug-likeness (QED) is 0.0792. The molecule has 6 aromatic rings. The van der Waals surface area contributed by atoms with Crippen LogP contribution in [-0.2, 0) is 0 Å². The number of benzene rings is 6. The Morgan fingerprint density at radius 1 is 0.396 bits per heavy atom. The zero-order valence-corrected chi connectivity index (χ0v) is 35.3. The number of allylic oxidation sites excluding steroid dienone is 4. The topological polar surface area (TPSA) is 0 Å². The van der Waals surface area contributed by atoms with E-state index >= 15 is 0 Å². The summed E-state index contributed by atoms with van der Waals surface area (Å²) in [7, 11) is -2.66. The van der Waals surface area contributed by atoms with Crippen LogP contribution in [0.25, 0.3) is 0 Å². The van der Waals surface area contributed by atoms with E-state index in [1.807, 2.05) is 0 Å². The van der Waals surface area contributed by atoms with Crippen LogP contribution in [0.5, 0.6) is 0 Å². The third-order valence-corrected chi connectivity index (χ3v) is 21.6. The maximum Gasteiger partial charge on any atom is 0.179 e. The third-order valence-electron chi connectivity index (χ3n) is 11.3. The van der Waals surface area contributed by atoms with Crippen molar-refractivity contribution >= 4 is 56.5 Å². The Morgan fingerprint density at radius 2 is 0.660 bits per heavy atom. The SMILES string of the molecule is CC(C)(C)C1=C([Si](c2ccccc2)(c2ccccc2)c2ccccc2)C(CP)C(C(C)(C)C)=C1[Si](c1ccccc1)(c1ccccc1)c1ccccc1. The molecule has 0 saturated carbocycles. The van der Waals surface area contributed by atoms with Gasteiger partial charge in [0.25, 0.3) is 0 Å². The number of hydrogen-bond acceptors (Lipinski definition) is 0. The van der Waals surface area contributed by atoms with Gasteiger partial charge in [-0.2, -0.15) is 0 Å². The van der Waals surface area contributed by atoms with Crippen LogP contribution < -0.4 is 31.1 Å². The first kappa shape index (κ1) is 37.0. The number of rotatable bonds is 9. The lowest BCUT2D eigenvalue weighted by Gasteiger charge is -2.43. The van der Waals surface area contributed by atoms with Gasteiger partial charge in [0.2, 0.25) is 0 Å². The van der Waals surface area contributed by atoms with Crippen molar-refractivity contribution < 1.29 is 0 Å². The van der Waals surface area contributed by atoms with Gasteiger partial charge in [-0.05, 0) is 58.9 Å². The summed E-state index contributed by atoms with van der Waals surface area (Å²) in [6.45, 7) is 14.9. The maximum absolute atomic E-state index is 3.27. The van der Waals surface area contributed by atoms with Crippen LogP contribution in [0.1, 0.15) is 41.5 Å². The second kappa shape index (κ2) is 14.8. The van der Waals surface area contributed by atoms with Crippen LogP contribution in [-0.4, -0.2) is 22.3 Å². The van der Waals surface area contributed by atoms with Gasteiger partial charge in [0.1, 0.15) is 0 Å². The highest BCUT2D eigenvalue weighted by molar-refractivity contribution is 7.19. The molecule has 0 saturated heterocycles. The van der Waals surface area contributed by atoms with Crippen molar-refractivity contribution in [2.75, 3.05) is 6.16 Å². The fourth-order valence-corrected chi connectivity index (χ4v) is 21.8. The van der Waals surface area contributed by atoms with Crippen molar-refractivity contribution in [1.29, 1.82) is 0 Å². The van der Waals surface area contributed by atoms with Crippen molar-refractivity contribution in [2.24, 2.45) is 16.7 Å². The fraction of sp³-hybridized carbons (Fsp3) is 0.200. The summed E-state index contributed by atoms with van der Waals surface area (Å²) in [5, 5.41) is 11.9. The molecule has 0 N–H and O–H groups in total. The summed E-state index contributed by atoms with van der Waals surface area (Å²) >= 11 is 0. The Kier molecular flexibility index (Phi) is 10.4. The number of hydrogen-bond donors (Lipinski definition) is 0. The molecule has 0 fully saturated rings. The van der Waals surface area contributed by atoms with E-state index in [4.69, 9.17) is 0 Å². The van der Waals surface area contributed by atoms with Gasteiger partial charge >= 0.3 is 0 Å². The summed E-state index contributed by atoms with van der Waals surface area (Å²) < 4.78 is 0. The molecule has 2 unspecified atom stereocenters. The molecule has 0 bridgehead atoms. The lowest BCUT2D eigenvalue weighted by atomic mass is 9.80. The van der Waals surface area contributed by atoms with Crippen LogP contribution in [0.15, 0.2) is 204 Å². The smallest absolute Gasteiger partial charge is 0.137 e. The first-order chi connectivity index (χ1) is 25.6. The van der Waals surface area contributed by atoms with Gasteiger partial charge in [0, 0.05) is 5.92 Å². The molecule has 1 aliphatic carbocycles. The van der Waals surface area contributed by atoms with Gasteiger partial charge in [0.15, 0.2) is 16.1 Å². The zero-order valence-electron chi connectivity index (χ0n) is 32.2. The van der Waals surface area contributed by atoms with Crippen LogP contribution in [0.4, 0.5) is 0 Å². The highest BCUT2D eigenvalue weighted by atomic mass is 31.0. The molecule has 0 aromatic heterocycles. The summed E-state index contributed by atoms with van der Waals surface area (Å²) in [4.78, 5) is 0. The minimum absolute atomic E-state index is 0.115. The average Bonchev–Trinajstić information content (AvgIpc) is 3.55. The Hall–Kier alpha value is -4.34. The molecule has 7 rings (SSSR count). The molecule has 0 nitrogen and oxygen atoms in total. The van der Waals surface area contributed by atoms with E-state index in [2.05, 4.69) is 233 Å². The largest absolute Gasteiger partial charge is 0.179 e. The van der Waals surface area contributed by atoms with Crippen molar-refractivity contribution in [3.8, 4) is 0 Å². The van der Waals surface area contributed by atoms with Crippen LogP contribution in [0, 0.1) is 16.7 Å². The lowest BCUT2D eigenvalue weighted by Crippen LogP contribution is -2.71. The van der Waals surface area contributed by atoms with Crippen molar-refractivity contribution in [1.82, 2.24) is 0 Å². The molecule has 0 radical (unpaired) electrons. The molecule has 0 amide bonds. The second-order valence-corrected chi connectivity index (χ2v) is 24.5. The van der Waals surface area contributed by atoms with E-state index in [1.54, 1.807) is 21.5 Å². The van der Waals surface area contributed by atoms with Gasteiger partial charge < -0.3 is 0 Å². The second-order valence-electron chi connectivity index (χ2n) is 16.6.